The number of rotatable bonds is 0. The predicted octanol–water partition coefficient (Wildman–Crippen LogP) is 3.31. The van der Waals surface area contributed by atoms with Gasteiger partial charge in [-0.05, 0) is 0 Å². The summed E-state index contributed by atoms with van der Waals surface area (Å²) in [5, 5.41) is -0.486. The van der Waals surface area contributed by atoms with Crippen LogP contribution in [0.25, 0.3) is 0 Å². The molecule has 0 spiro atoms. The Balaban J connectivity index is 3.35. The van der Waals surface area contributed by atoms with E-state index in [2.05, 4.69) is 4.98 Å². The lowest BCUT2D eigenvalue weighted by Crippen LogP contribution is -2.16. The summed E-state index contributed by atoms with van der Waals surface area (Å²) in [7, 11) is 0. The van der Waals surface area contributed by atoms with Crippen molar-refractivity contribution in [3.8, 4) is 0 Å². The fourth-order valence-corrected chi connectivity index (χ4v) is 1.10. The minimum atomic E-state index is -0.827. The molecule has 0 radical (unpaired) electrons. The topological polar surface area (TPSA) is 12.9 Å². The largest absolute Gasteiger partial charge is 0.255 e. The molecule has 0 aromatic carbocycles. The van der Waals surface area contributed by atoms with Crippen LogP contribution in [0.15, 0.2) is 6.20 Å². The molecule has 1 heterocycles. The van der Waals surface area contributed by atoms with Crippen LogP contribution < -0.4 is 0 Å². The van der Waals surface area contributed by atoms with Crippen molar-refractivity contribution in [2.75, 3.05) is 0 Å². The minimum absolute atomic E-state index is 0.180. The molecule has 0 aliphatic carbocycles. The third kappa shape index (κ3) is 1.97. The van der Waals surface area contributed by atoms with Gasteiger partial charge < -0.3 is 0 Å². The molecule has 0 saturated heterocycles. The van der Waals surface area contributed by atoms with E-state index in [1.165, 1.54) is 0 Å². The van der Waals surface area contributed by atoms with Gasteiger partial charge in [-0.25, -0.2) is 8.78 Å². The van der Waals surface area contributed by atoms with Crippen LogP contribution in [0.4, 0.5) is 8.78 Å². The summed E-state index contributed by atoms with van der Waals surface area (Å²) in [6.07, 6.45) is 0.937. The Morgan fingerprint density at radius 2 is 1.85 bits per heavy atom. The first-order valence-electron chi connectivity index (χ1n) is 3.84. The summed E-state index contributed by atoms with van der Waals surface area (Å²) >= 11 is 5.40. The third-order valence-corrected chi connectivity index (χ3v) is 1.97. The molecule has 4 heteroatoms. The molecule has 1 nitrogen and oxygen atoms in total. The molecule has 0 unspecified atom stereocenters. The first-order valence-corrected chi connectivity index (χ1v) is 4.22. The molecule has 0 aliphatic rings. The second-order valence-electron chi connectivity index (χ2n) is 3.83. The van der Waals surface area contributed by atoms with Crippen LogP contribution in [0, 0.1) is 11.6 Å². The second kappa shape index (κ2) is 3.22. The van der Waals surface area contributed by atoms with E-state index >= 15 is 0 Å². The molecule has 72 valence electrons. The maximum Gasteiger partial charge on any atom is 0.166 e. The van der Waals surface area contributed by atoms with Gasteiger partial charge in [-0.3, -0.25) is 4.98 Å². The molecule has 0 N–H and O–H groups in total. The summed E-state index contributed by atoms with van der Waals surface area (Å²) in [6.45, 7) is 5.35. The second-order valence-corrected chi connectivity index (χ2v) is 4.21. The lowest BCUT2D eigenvalue weighted by molar-refractivity contribution is 0.489. The van der Waals surface area contributed by atoms with Crippen molar-refractivity contribution in [3.63, 3.8) is 0 Å². The van der Waals surface area contributed by atoms with Crippen molar-refractivity contribution in [1.82, 2.24) is 4.98 Å². The number of aromatic nitrogens is 1. The van der Waals surface area contributed by atoms with Crippen LogP contribution in [0.3, 0.4) is 0 Å². The highest BCUT2D eigenvalue weighted by molar-refractivity contribution is 6.30. The highest BCUT2D eigenvalue weighted by Gasteiger charge is 2.23. The van der Waals surface area contributed by atoms with Crippen molar-refractivity contribution in [1.29, 1.82) is 0 Å². The van der Waals surface area contributed by atoms with Crippen LogP contribution in [-0.2, 0) is 5.41 Å². The van der Waals surface area contributed by atoms with E-state index in [0.717, 1.165) is 6.20 Å². The molecule has 0 fully saturated rings. The van der Waals surface area contributed by atoms with Crippen molar-refractivity contribution in [2.24, 2.45) is 0 Å². The average Bonchev–Trinajstić information content (AvgIpc) is 1.98. The van der Waals surface area contributed by atoms with E-state index in [1.807, 2.05) is 0 Å². The molecular weight excluding hydrogens is 196 g/mol. The molecule has 1 aromatic rings. The first kappa shape index (κ1) is 10.4. The minimum Gasteiger partial charge on any atom is -0.255 e. The Labute approximate surface area is 80.7 Å². The number of hydrogen-bond acceptors (Lipinski definition) is 1. The van der Waals surface area contributed by atoms with Crippen LogP contribution >= 0.6 is 11.6 Å². The van der Waals surface area contributed by atoms with Gasteiger partial charge in [-0.1, -0.05) is 32.4 Å². The van der Waals surface area contributed by atoms with Crippen molar-refractivity contribution < 1.29 is 8.78 Å². The van der Waals surface area contributed by atoms with Gasteiger partial charge in [0, 0.05) is 5.41 Å². The maximum absolute atomic E-state index is 13.3. The smallest absolute Gasteiger partial charge is 0.166 e. The van der Waals surface area contributed by atoms with Crippen LogP contribution in [-0.4, -0.2) is 4.98 Å². The van der Waals surface area contributed by atoms with Gasteiger partial charge >= 0.3 is 0 Å². The van der Waals surface area contributed by atoms with Gasteiger partial charge in [0.15, 0.2) is 11.6 Å². The average molecular weight is 206 g/mol. The first-order chi connectivity index (χ1) is 5.84. The lowest BCUT2D eigenvalue weighted by Gasteiger charge is -2.18. The molecule has 0 amide bonds. The van der Waals surface area contributed by atoms with Gasteiger partial charge in [0.1, 0.15) is 5.02 Å². The highest BCUT2D eigenvalue weighted by atomic mass is 35.5. The number of halogens is 3. The molecule has 0 atom stereocenters. The molecule has 0 bridgehead atoms. The van der Waals surface area contributed by atoms with E-state index in [9.17, 15) is 8.78 Å². The highest BCUT2D eigenvalue weighted by Crippen LogP contribution is 2.28. The van der Waals surface area contributed by atoms with Gasteiger partial charge in [0.25, 0.3) is 0 Å². The Bertz CT molecular complexity index is 331. The van der Waals surface area contributed by atoms with Gasteiger partial charge in [0.05, 0.1) is 11.9 Å². The lowest BCUT2D eigenvalue weighted by atomic mass is 9.91. The number of hydrogen-bond donors (Lipinski definition) is 0. The predicted molar refractivity (Wildman–Crippen MR) is 47.9 cm³/mol. The van der Waals surface area contributed by atoms with Crippen molar-refractivity contribution >= 4 is 11.6 Å². The monoisotopic (exact) mass is 205 g/mol. The van der Waals surface area contributed by atoms with Gasteiger partial charge in [0.2, 0.25) is 0 Å². The Kier molecular flexibility index (Phi) is 2.57. The zero-order chi connectivity index (χ0) is 10.2. The summed E-state index contributed by atoms with van der Waals surface area (Å²) in [6, 6.07) is 0. The van der Waals surface area contributed by atoms with Crippen molar-refractivity contribution in [3.05, 3.63) is 28.5 Å². The van der Waals surface area contributed by atoms with Crippen molar-refractivity contribution in [2.45, 2.75) is 26.2 Å². The molecule has 1 aromatic heterocycles. The quantitative estimate of drug-likeness (QED) is 0.633. The Morgan fingerprint density at radius 1 is 1.31 bits per heavy atom. The summed E-state index contributed by atoms with van der Waals surface area (Å²) in [5.74, 6) is -1.60. The molecular formula is C9H10ClF2N. The summed E-state index contributed by atoms with van der Waals surface area (Å²) in [5.41, 5.74) is -0.291. The van der Waals surface area contributed by atoms with Crippen LogP contribution in [0.5, 0.6) is 0 Å². The molecule has 0 aliphatic heterocycles. The number of nitrogens with zero attached hydrogens (tertiary/aromatic N) is 1. The maximum atomic E-state index is 13.3. The summed E-state index contributed by atoms with van der Waals surface area (Å²) < 4.78 is 26.0. The van der Waals surface area contributed by atoms with Crippen LogP contribution in [0.2, 0.25) is 5.02 Å². The zero-order valence-electron chi connectivity index (χ0n) is 7.66. The van der Waals surface area contributed by atoms with Gasteiger partial charge in [-0.2, -0.15) is 0 Å². The zero-order valence-corrected chi connectivity index (χ0v) is 8.41. The fraction of sp³-hybridized carbons (Fsp3) is 0.444. The number of pyridine rings is 1. The summed E-state index contributed by atoms with van der Waals surface area (Å²) in [4.78, 5) is 3.68. The molecule has 1 rings (SSSR count). The van der Waals surface area contributed by atoms with E-state index in [4.69, 9.17) is 11.6 Å². The van der Waals surface area contributed by atoms with Crippen LogP contribution in [0.1, 0.15) is 26.5 Å². The SMILES string of the molecule is CC(C)(C)c1ncc(F)c(Cl)c1F. The molecule has 0 saturated carbocycles. The van der Waals surface area contributed by atoms with Gasteiger partial charge in [-0.15, -0.1) is 0 Å². The van der Waals surface area contributed by atoms with E-state index in [0.29, 0.717) is 0 Å². The standard InChI is InChI=1S/C9H10ClF2N/c1-9(2,3)8-7(12)6(10)5(11)4-13-8/h4H,1-3H3. The molecule has 13 heavy (non-hydrogen) atoms. The normalized spacial score (nSPS) is 11.8. The Morgan fingerprint density at radius 3 is 2.31 bits per heavy atom. The fourth-order valence-electron chi connectivity index (χ4n) is 0.966. The van der Waals surface area contributed by atoms with E-state index in [1.54, 1.807) is 20.8 Å². The van der Waals surface area contributed by atoms with E-state index < -0.39 is 22.1 Å². The Hall–Kier alpha value is -0.700. The third-order valence-electron chi connectivity index (χ3n) is 1.63. The van der Waals surface area contributed by atoms with E-state index in [-0.39, 0.29) is 5.69 Å².